The van der Waals surface area contributed by atoms with Crippen LogP contribution in [-0.4, -0.2) is 12.2 Å². The number of hydrogen-bond donors (Lipinski definition) is 1. The SMILES string of the molecule is CCCCCCCCC(O)c1cc(F)ccc1OC. The second-order valence-electron chi connectivity index (χ2n) is 4.96. The van der Waals surface area contributed by atoms with E-state index >= 15 is 0 Å². The van der Waals surface area contributed by atoms with Crippen molar-refractivity contribution in [3.8, 4) is 5.75 Å². The van der Waals surface area contributed by atoms with Gasteiger partial charge in [0.25, 0.3) is 0 Å². The molecule has 0 aromatic heterocycles. The van der Waals surface area contributed by atoms with E-state index in [0.29, 0.717) is 17.7 Å². The van der Waals surface area contributed by atoms with E-state index in [2.05, 4.69) is 6.92 Å². The predicted octanol–water partition coefficient (Wildman–Crippen LogP) is 4.62. The first kappa shape index (κ1) is 16.0. The Morgan fingerprint density at radius 1 is 1.16 bits per heavy atom. The number of halogens is 1. The maximum atomic E-state index is 13.2. The first-order valence-electron chi connectivity index (χ1n) is 7.20. The molecule has 0 aliphatic heterocycles. The number of benzene rings is 1. The Hall–Kier alpha value is -1.09. The van der Waals surface area contributed by atoms with Gasteiger partial charge in [-0.3, -0.25) is 0 Å². The van der Waals surface area contributed by atoms with Gasteiger partial charge in [0.15, 0.2) is 0 Å². The summed E-state index contributed by atoms with van der Waals surface area (Å²) >= 11 is 0. The number of aliphatic hydroxyl groups is 1. The first-order chi connectivity index (χ1) is 9.19. The average molecular weight is 268 g/mol. The van der Waals surface area contributed by atoms with Gasteiger partial charge in [-0.05, 0) is 24.6 Å². The Balaban J connectivity index is 2.40. The van der Waals surface area contributed by atoms with Gasteiger partial charge in [-0.25, -0.2) is 4.39 Å². The second kappa shape index (κ2) is 8.92. The van der Waals surface area contributed by atoms with Crippen LogP contribution in [0.3, 0.4) is 0 Å². The lowest BCUT2D eigenvalue weighted by Gasteiger charge is -2.14. The van der Waals surface area contributed by atoms with Gasteiger partial charge in [0.2, 0.25) is 0 Å². The molecule has 0 spiro atoms. The fourth-order valence-corrected chi connectivity index (χ4v) is 2.24. The Morgan fingerprint density at radius 2 is 1.84 bits per heavy atom. The van der Waals surface area contributed by atoms with Gasteiger partial charge < -0.3 is 9.84 Å². The van der Waals surface area contributed by atoms with Gasteiger partial charge >= 0.3 is 0 Å². The summed E-state index contributed by atoms with van der Waals surface area (Å²) in [6.45, 7) is 2.19. The summed E-state index contributed by atoms with van der Waals surface area (Å²) in [6, 6.07) is 4.27. The van der Waals surface area contributed by atoms with Crippen LogP contribution in [0.15, 0.2) is 18.2 Å². The van der Waals surface area contributed by atoms with Gasteiger partial charge in [0, 0.05) is 5.56 Å². The van der Waals surface area contributed by atoms with E-state index in [1.54, 1.807) is 6.07 Å². The summed E-state index contributed by atoms with van der Waals surface area (Å²) in [4.78, 5) is 0. The minimum atomic E-state index is -0.642. The monoisotopic (exact) mass is 268 g/mol. The maximum Gasteiger partial charge on any atom is 0.124 e. The smallest absolute Gasteiger partial charge is 0.124 e. The minimum Gasteiger partial charge on any atom is -0.496 e. The van der Waals surface area contributed by atoms with Crippen molar-refractivity contribution in [3.05, 3.63) is 29.6 Å². The fourth-order valence-electron chi connectivity index (χ4n) is 2.24. The predicted molar refractivity (Wildman–Crippen MR) is 75.9 cm³/mol. The number of rotatable bonds is 9. The molecule has 1 unspecified atom stereocenters. The highest BCUT2D eigenvalue weighted by Gasteiger charge is 2.13. The molecule has 0 aliphatic carbocycles. The van der Waals surface area contributed by atoms with Gasteiger partial charge in [-0.15, -0.1) is 0 Å². The zero-order valence-corrected chi connectivity index (χ0v) is 12.0. The van der Waals surface area contributed by atoms with Crippen molar-refractivity contribution in [1.29, 1.82) is 0 Å². The third-order valence-electron chi connectivity index (χ3n) is 3.38. The lowest BCUT2D eigenvalue weighted by Crippen LogP contribution is -2.01. The summed E-state index contributed by atoms with van der Waals surface area (Å²) in [6.07, 6.45) is 7.09. The van der Waals surface area contributed by atoms with E-state index in [0.717, 1.165) is 12.8 Å². The van der Waals surface area contributed by atoms with Crippen LogP contribution in [0.1, 0.15) is 63.5 Å². The molecule has 1 rings (SSSR count). The van der Waals surface area contributed by atoms with E-state index in [1.807, 2.05) is 0 Å². The van der Waals surface area contributed by atoms with E-state index < -0.39 is 6.10 Å². The summed E-state index contributed by atoms with van der Waals surface area (Å²) < 4.78 is 18.4. The molecule has 0 saturated heterocycles. The average Bonchev–Trinajstić information content (AvgIpc) is 2.42. The van der Waals surface area contributed by atoms with E-state index in [9.17, 15) is 9.50 Å². The van der Waals surface area contributed by atoms with Gasteiger partial charge in [0.05, 0.1) is 13.2 Å². The zero-order chi connectivity index (χ0) is 14.1. The lowest BCUT2D eigenvalue weighted by atomic mass is 10.0. The van der Waals surface area contributed by atoms with Crippen molar-refractivity contribution >= 4 is 0 Å². The quantitative estimate of drug-likeness (QED) is 0.662. The van der Waals surface area contributed by atoms with Gasteiger partial charge in [-0.2, -0.15) is 0 Å². The topological polar surface area (TPSA) is 29.5 Å². The molecule has 19 heavy (non-hydrogen) atoms. The Morgan fingerprint density at radius 3 is 2.53 bits per heavy atom. The normalized spacial score (nSPS) is 12.4. The molecule has 0 radical (unpaired) electrons. The summed E-state index contributed by atoms with van der Waals surface area (Å²) in [5, 5.41) is 10.1. The van der Waals surface area contributed by atoms with Crippen LogP contribution >= 0.6 is 0 Å². The van der Waals surface area contributed by atoms with Crippen molar-refractivity contribution in [2.24, 2.45) is 0 Å². The molecule has 108 valence electrons. The van der Waals surface area contributed by atoms with Crippen LogP contribution in [0.4, 0.5) is 4.39 Å². The molecule has 0 saturated carbocycles. The highest BCUT2D eigenvalue weighted by molar-refractivity contribution is 5.35. The second-order valence-corrected chi connectivity index (χ2v) is 4.96. The number of hydrogen-bond acceptors (Lipinski definition) is 2. The fraction of sp³-hybridized carbons (Fsp3) is 0.625. The lowest BCUT2D eigenvalue weighted by molar-refractivity contribution is 0.159. The molecule has 0 bridgehead atoms. The molecule has 3 heteroatoms. The van der Waals surface area contributed by atoms with Crippen LogP contribution in [-0.2, 0) is 0 Å². The van der Waals surface area contributed by atoms with Gasteiger partial charge in [-0.1, -0.05) is 45.4 Å². The Bertz CT molecular complexity index is 366. The largest absolute Gasteiger partial charge is 0.496 e. The van der Waals surface area contributed by atoms with Crippen molar-refractivity contribution in [3.63, 3.8) is 0 Å². The molecule has 0 aliphatic rings. The minimum absolute atomic E-state index is 0.335. The Labute approximate surface area is 115 Å². The summed E-state index contributed by atoms with van der Waals surface area (Å²) in [7, 11) is 1.54. The van der Waals surface area contributed by atoms with E-state index in [4.69, 9.17) is 4.74 Å². The van der Waals surface area contributed by atoms with E-state index in [-0.39, 0.29) is 5.82 Å². The zero-order valence-electron chi connectivity index (χ0n) is 12.0. The molecule has 1 atom stereocenters. The highest BCUT2D eigenvalue weighted by Crippen LogP contribution is 2.29. The number of ether oxygens (including phenoxy) is 1. The third kappa shape index (κ3) is 5.60. The van der Waals surface area contributed by atoms with Gasteiger partial charge in [0.1, 0.15) is 11.6 Å². The summed E-state index contributed by atoms with van der Waals surface area (Å²) in [5.74, 6) is 0.220. The number of methoxy groups -OCH3 is 1. The molecule has 0 amide bonds. The van der Waals surface area contributed by atoms with Crippen LogP contribution < -0.4 is 4.74 Å². The Kier molecular flexibility index (Phi) is 7.49. The van der Waals surface area contributed by atoms with Crippen molar-refractivity contribution < 1.29 is 14.2 Å². The molecule has 2 nitrogen and oxygen atoms in total. The van der Waals surface area contributed by atoms with Crippen LogP contribution in [0.25, 0.3) is 0 Å². The van der Waals surface area contributed by atoms with Crippen LogP contribution in [0, 0.1) is 5.82 Å². The van der Waals surface area contributed by atoms with Crippen LogP contribution in [0.5, 0.6) is 5.75 Å². The molecule has 1 aromatic carbocycles. The summed E-state index contributed by atoms with van der Waals surface area (Å²) in [5.41, 5.74) is 0.552. The van der Waals surface area contributed by atoms with Crippen molar-refractivity contribution in [2.45, 2.75) is 58.0 Å². The van der Waals surface area contributed by atoms with Crippen LogP contribution in [0.2, 0.25) is 0 Å². The molecular formula is C16H25FO2. The standard InChI is InChI=1S/C16H25FO2/c1-3-4-5-6-7-8-9-15(18)14-12-13(17)10-11-16(14)19-2/h10-12,15,18H,3-9H2,1-2H3. The maximum absolute atomic E-state index is 13.2. The number of aliphatic hydroxyl groups excluding tert-OH is 1. The van der Waals surface area contributed by atoms with E-state index in [1.165, 1.54) is 44.9 Å². The molecule has 0 heterocycles. The molecular weight excluding hydrogens is 243 g/mol. The molecule has 1 aromatic rings. The molecule has 1 N–H and O–H groups in total. The van der Waals surface area contributed by atoms with Crippen molar-refractivity contribution in [2.75, 3.05) is 7.11 Å². The first-order valence-corrected chi connectivity index (χ1v) is 7.20. The number of unbranched alkanes of at least 4 members (excludes halogenated alkanes) is 5. The third-order valence-corrected chi connectivity index (χ3v) is 3.38. The molecule has 0 fully saturated rings. The van der Waals surface area contributed by atoms with Crippen molar-refractivity contribution in [1.82, 2.24) is 0 Å². The highest BCUT2D eigenvalue weighted by atomic mass is 19.1.